The number of ether oxygens (including phenoxy) is 1. The van der Waals surface area contributed by atoms with Gasteiger partial charge in [0.05, 0.1) is 6.61 Å². The lowest BCUT2D eigenvalue weighted by Crippen LogP contribution is -2.53. The van der Waals surface area contributed by atoms with Gasteiger partial charge < -0.3 is 4.74 Å². The maximum Gasteiger partial charge on any atom is 0.342 e. The molecule has 0 bridgehead atoms. The third-order valence-corrected chi connectivity index (χ3v) is 3.55. The summed E-state index contributed by atoms with van der Waals surface area (Å²) >= 11 is 17.7. The van der Waals surface area contributed by atoms with Gasteiger partial charge in [0.15, 0.2) is 0 Å². The van der Waals surface area contributed by atoms with E-state index < -0.39 is 27.0 Å². The van der Waals surface area contributed by atoms with Gasteiger partial charge >= 0.3 is 5.97 Å². The van der Waals surface area contributed by atoms with E-state index in [4.69, 9.17) is 34.8 Å². The highest BCUT2D eigenvalue weighted by Gasteiger charge is 2.50. The van der Waals surface area contributed by atoms with Gasteiger partial charge in [-0.1, -0.05) is 23.2 Å². The van der Waals surface area contributed by atoms with Gasteiger partial charge in [-0.05, 0) is 13.3 Å². The smallest absolute Gasteiger partial charge is 0.342 e. The van der Waals surface area contributed by atoms with Crippen molar-refractivity contribution >= 4 is 52.6 Å². The molecule has 0 aliphatic carbocycles. The third-order valence-electron chi connectivity index (χ3n) is 2.48. The molecule has 1 N–H and O–H groups in total. The minimum Gasteiger partial charge on any atom is -0.464 e. The Morgan fingerprint density at radius 1 is 1.50 bits per heavy atom. The highest BCUT2D eigenvalue weighted by Crippen LogP contribution is 2.40. The number of halogens is 3. The van der Waals surface area contributed by atoms with Gasteiger partial charge in [0.25, 0.3) is 0 Å². The summed E-state index contributed by atoms with van der Waals surface area (Å²) in [5.74, 6) is -1.98. The van der Waals surface area contributed by atoms with Gasteiger partial charge in [0, 0.05) is 12.8 Å². The molecule has 102 valence electrons. The lowest BCUT2D eigenvalue weighted by Gasteiger charge is -2.32. The summed E-state index contributed by atoms with van der Waals surface area (Å²) in [5.41, 5.74) is 0. The Morgan fingerprint density at radius 3 is 2.61 bits per heavy atom. The first-order valence-electron chi connectivity index (χ1n) is 5.29. The van der Waals surface area contributed by atoms with Gasteiger partial charge in [-0.3, -0.25) is 14.9 Å². The highest BCUT2D eigenvalue weighted by molar-refractivity contribution is 6.58. The maximum absolute atomic E-state index is 11.7. The van der Waals surface area contributed by atoms with Crippen LogP contribution in [-0.2, 0) is 19.1 Å². The Hall–Kier alpha value is -0.520. The largest absolute Gasteiger partial charge is 0.464 e. The van der Waals surface area contributed by atoms with Gasteiger partial charge in [0.1, 0.15) is 4.87 Å². The Morgan fingerprint density at radius 2 is 2.11 bits per heavy atom. The molecule has 0 radical (unpaired) electrons. The number of imide groups is 1. The number of hydrogen-bond donors (Lipinski definition) is 1. The van der Waals surface area contributed by atoms with E-state index in [1.807, 2.05) is 0 Å². The molecule has 18 heavy (non-hydrogen) atoms. The molecule has 0 aromatic carbocycles. The fourth-order valence-electron chi connectivity index (χ4n) is 1.56. The van der Waals surface area contributed by atoms with Crippen LogP contribution in [0.1, 0.15) is 26.2 Å². The Kier molecular flexibility index (Phi) is 4.86. The van der Waals surface area contributed by atoms with Crippen molar-refractivity contribution < 1.29 is 19.1 Å². The third kappa shape index (κ3) is 3.49. The summed E-state index contributed by atoms with van der Waals surface area (Å²) < 4.78 is 2.77. The van der Waals surface area contributed by atoms with Crippen LogP contribution in [0.25, 0.3) is 0 Å². The Balaban J connectivity index is 2.79. The number of hydrogen-bond acceptors (Lipinski definition) is 4. The predicted octanol–water partition coefficient (Wildman–Crippen LogP) is 1.53. The number of esters is 1. The fraction of sp³-hybridized carbons (Fsp3) is 0.700. The lowest BCUT2D eigenvalue weighted by atomic mass is 9.92. The van der Waals surface area contributed by atoms with E-state index in [0.717, 1.165) is 0 Å². The topological polar surface area (TPSA) is 72.5 Å². The molecule has 8 heteroatoms. The molecule has 1 aliphatic rings. The summed E-state index contributed by atoms with van der Waals surface area (Å²) in [4.78, 5) is 32.7. The van der Waals surface area contributed by atoms with Crippen molar-refractivity contribution in [3.63, 3.8) is 0 Å². The molecule has 0 spiro atoms. The van der Waals surface area contributed by atoms with Crippen LogP contribution in [0.3, 0.4) is 0 Å². The first kappa shape index (κ1) is 15.5. The summed E-state index contributed by atoms with van der Waals surface area (Å²) in [6.07, 6.45) is -0.190. The zero-order valence-corrected chi connectivity index (χ0v) is 11.9. The van der Waals surface area contributed by atoms with Crippen molar-refractivity contribution in [1.82, 2.24) is 5.32 Å². The normalized spacial score (nSPS) is 24.7. The van der Waals surface area contributed by atoms with Crippen LogP contribution in [0, 0.1) is 0 Å². The van der Waals surface area contributed by atoms with E-state index >= 15 is 0 Å². The quantitative estimate of drug-likeness (QED) is 0.485. The monoisotopic (exact) mass is 315 g/mol. The molecule has 1 unspecified atom stereocenters. The van der Waals surface area contributed by atoms with Crippen LogP contribution in [0.15, 0.2) is 0 Å². The van der Waals surface area contributed by atoms with Crippen LogP contribution in [0.4, 0.5) is 0 Å². The second-order valence-corrected chi connectivity index (χ2v) is 6.15. The minimum atomic E-state index is -1.92. The number of alkyl halides is 3. The first-order valence-corrected chi connectivity index (χ1v) is 6.43. The van der Waals surface area contributed by atoms with Crippen LogP contribution in [0.5, 0.6) is 0 Å². The van der Waals surface area contributed by atoms with Gasteiger partial charge in [-0.15, -0.1) is 11.6 Å². The fourth-order valence-corrected chi connectivity index (χ4v) is 2.60. The Bertz CT molecular complexity index is 385. The molecule has 1 fully saturated rings. The van der Waals surface area contributed by atoms with Crippen LogP contribution in [0.2, 0.25) is 0 Å². The second kappa shape index (κ2) is 5.63. The van der Waals surface area contributed by atoms with Crippen LogP contribution < -0.4 is 5.32 Å². The zero-order chi connectivity index (χ0) is 14.0. The van der Waals surface area contributed by atoms with Crippen molar-refractivity contribution in [2.45, 2.75) is 35.4 Å². The number of rotatable bonds is 4. The van der Waals surface area contributed by atoms with E-state index in [-0.39, 0.29) is 25.9 Å². The molecule has 1 heterocycles. The van der Waals surface area contributed by atoms with Crippen molar-refractivity contribution in [3.05, 3.63) is 0 Å². The predicted molar refractivity (Wildman–Crippen MR) is 66.7 cm³/mol. The molecule has 1 saturated heterocycles. The first-order chi connectivity index (χ1) is 8.21. The number of carbonyl (C=O) groups is 3. The zero-order valence-electron chi connectivity index (χ0n) is 9.60. The molecule has 1 atom stereocenters. The SMILES string of the molecule is CCOC(=O)C(Cl)(Cl)CC1(Cl)CCC(=O)NC1=O. The van der Waals surface area contributed by atoms with E-state index in [0.29, 0.717) is 0 Å². The van der Waals surface area contributed by atoms with Crippen molar-refractivity contribution in [1.29, 1.82) is 0 Å². The second-order valence-electron chi connectivity index (χ2n) is 3.94. The van der Waals surface area contributed by atoms with Crippen molar-refractivity contribution in [3.8, 4) is 0 Å². The van der Waals surface area contributed by atoms with E-state index in [9.17, 15) is 14.4 Å². The summed E-state index contributed by atoms with van der Waals surface area (Å²) in [6, 6.07) is 0. The van der Waals surface area contributed by atoms with Crippen LogP contribution >= 0.6 is 34.8 Å². The Labute approximate surface area is 119 Å². The highest BCUT2D eigenvalue weighted by atomic mass is 35.5. The van der Waals surface area contributed by atoms with Gasteiger partial charge in [0.2, 0.25) is 16.1 Å². The van der Waals surface area contributed by atoms with Crippen molar-refractivity contribution in [2.75, 3.05) is 6.61 Å². The van der Waals surface area contributed by atoms with Gasteiger partial charge in [-0.25, -0.2) is 4.79 Å². The summed E-state index contributed by atoms with van der Waals surface area (Å²) in [5, 5.41) is 2.08. The van der Waals surface area contributed by atoms with E-state index in [1.165, 1.54) is 0 Å². The number of carbonyl (C=O) groups excluding carboxylic acids is 3. The van der Waals surface area contributed by atoms with E-state index in [1.54, 1.807) is 6.92 Å². The molecule has 1 aliphatic heterocycles. The summed E-state index contributed by atoms with van der Waals surface area (Å²) in [6.45, 7) is 1.71. The standard InChI is InChI=1S/C10H12Cl3NO4/c1-2-18-8(17)10(12,13)5-9(11)4-3-6(15)14-7(9)16/h2-5H2,1H3,(H,14,15,16). The van der Waals surface area contributed by atoms with Gasteiger partial charge in [-0.2, -0.15) is 0 Å². The average Bonchev–Trinajstić information content (AvgIpc) is 2.24. The molecular formula is C10H12Cl3NO4. The minimum absolute atomic E-state index is 0.0693. The van der Waals surface area contributed by atoms with E-state index in [2.05, 4.69) is 10.1 Å². The molecule has 2 amide bonds. The molecule has 0 saturated carbocycles. The average molecular weight is 317 g/mol. The number of piperidine rings is 1. The number of nitrogens with one attached hydrogen (secondary N) is 1. The molecule has 1 rings (SSSR count). The molecule has 0 aromatic heterocycles. The molecule has 0 aromatic rings. The summed E-state index contributed by atoms with van der Waals surface area (Å²) in [7, 11) is 0. The number of amides is 2. The van der Waals surface area contributed by atoms with Crippen LogP contribution in [-0.4, -0.2) is 33.6 Å². The maximum atomic E-state index is 11.7. The lowest BCUT2D eigenvalue weighted by molar-refractivity contribution is -0.144. The van der Waals surface area contributed by atoms with Crippen molar-refractivity contribution in [2.24, 2.45) is 0 Å². The molecular weight excluding hydrogens is 304 g/mol. The molecule has 5 nitrogen and oxygen atoms in total.